The van der Waals surface area contributed by atoms with E-state index >= 15 is 0 Å². The Morgan fingerprint density at radius 3 is 2.54 bits per heavy atom. The maximum atomic E-state index is 12.1. The molecule has 0 atom stereocenters. The first-order chi connectivity index (χ1) is 13.2. The smallest absolute Gasteiger partial charge is 0.338 e. The van der Waals surface area contributed by atoms with Crippen molar-refractivity contribution in [1.29, 1.82) is 0 Å². The molecule has 1 aliphatic heterocycles. The van der Waals surface area contributed by atoms with Crippen molar-refractivity contribution in [2.45, 2.75) is 82.7 Å². The molecule has 0 unspecified atom stereocenters. The number of carbonyl (C=O) groups is 1. The van der Waals surface area contributed by atoms with E-state index in [9.17, 15) is 4.79 Å². The van der Waals surface area contributed by atoms with Crippen molar-refractivity contribution < 1.29 is 9.53 Å². The monoisotopic (exact) mass is 405 g/mol. The summed E-state index contributed by atoms with van der Waals surface area (Å²) in [5, 5.41) is 7.43. The maximum absolute atomic E-state index is 12.1. The van der Waals surface area contributed by atoms with E-state index in [1.165, 1.54) is 51.4 Å². The molecule has 3 aliphatic rings. The SMILES string of the molecule is CCOC(=O)c1ccc2c(c1)NC(=NC1CCCCC1)C1(CCCCC1)N2.Cl. The zero-order valence-electron chi connectivity index (χ0n) is 16.8. The third-order valence-electron chi connectivity index (χ3n) is 6.20. The van der Waals surface area contributed by atoms with Crippen LogP contribution in [-0.4, -0.2) is 30.0 Å². The van der Waals surface area contributed by atoms with Gasteiger partial charge in [0.2, 0.25) is 0 Å². The number of hydrogen-bond acceptors (Lipinski definition) is 4. The number of esters is 1. The first kappa shape index (κ1) is 21.0. The molecule has 0 amide bonds. The maximum Gasteiger partial charge on any atom is 0.338 e. The van der Waals surface area contributed by atoms with Crippen LogP contribution in [0.4, 0.5) is 11.4 Å². The summed E-state index contributed by atoms with van der Waals surface area (Å²) in [6.45, 7) is 2.22. The van der Waals surface area contributed by atoms with Crippen molar-refractivity contribution in [2.24, 2.45) is 4.99 Å². The number of nitrogens with zero attached hydrogens (tertiary/aromatic N) is 1. The minimum absolute atomic E-state index is 0. The van der Waals surface area contributed by atoms with E-state index in [1.54, 1.807) is 0 Å². The molecule has 1 heterocycles. The number of halogens is 1. The third-order valence-corrected chi connectivity index (χ3v) is 6.20. The van der Waals surface area contributed by atoms with E-state index in [4.69, 9.17) is 9.73 Å². The summed E-state index contributed by atoms with van der Waals surface area (Å²) in [4.78, 5) is 17.3. The highest BCUT2D eigenvalue weighted by molar-refractivity contribution is 6.10. The summed E-state index contributed by atoms with van der Waals surface area (Å²) in [6.07, 6.45) is 12.3. The number of amidine groups is 1. The summed E-state index contributed by atoms with van der Waals surface area (Å²) in [5.74, 6) is 0.813. The molecular weight excluding hydrogens is 374 g/mol. The van der Waals surface area contributed by atoms with Gasteiger partial charge in [-0.15, -0.1) is 12.4 Å². The predicted molar refractivity (Wildman–Crippen MR) is 117 cm³/mol. The van der Waals surface area contributed by atoms with Crippen molar-refractivity contribution in [1.82, 2.24) is 0 Å². The standard InChI is InChI=1S/C22H31N3O2.ClH/c1-2-27-20(26)16-11-12-18-19(15-16)24-21(23-17-9-5-3-6-10-17)22(25-18)13-7-4-8-14-22;/h11-12,15,17,25H,2-10,13-14H2,1H3,(H,23,24);1H. The molecule has 2 N–H and O–H groups in total. The molecule has 154 valence electrons. The van der Waals surface area contributed by atoms with Crippen LogP contribution in [0.2, 0.25) is 0 Å². The Bertz CT molecular complexity index is 722. The fourth-order valence-corrected chi connectivity index (χ4v) is 4.73. The van der Waals surface area contributed by atoms with Crippen LogP contribution < -0.4 is 10.6 Å². The number of rotatable bonds is 3. The highest BCUT2D eigenvalue weighted by atomic mass is 35.5. The molecule has 4 rings (SSSR count). The van der Waals surface area contributed by atoms with Gasteiger partial charge in [0.25, 0.3) is 0 Å². The molecule has 6 heteroatoms. The van der Waals surface area contributed by atoms with Crippen LogP contribution in [0.3, 0.4) is 0 Å². The van der Waals surface area contributed by atoms with Crippen molar-refractivity contribution in [3.8, 4) is 0 Å². The summed E-state index contributed by atoms with van der Waals surface area (Å²) in [5.41, 5.74) is 2.51. The molecule has 2 saturated carbocycles. The Labute approximate surface area is 174 Å². The zero-order chi connectivity index (χ0) is 18.7. The largest absolute Gasteiger partial charge is 0.462 e. The molecule has 5 nitrogen and oxygen atoms in total. The number of benzene rings is 1. The van der Waals surface area contributed by atoms with Crippen LogP contribution in [0, 0.1) is 0 Å². The summed E-state index contributed by atoms with van der Waals surface area (Å²) < 4.78 is 5.16. The Kier molecular flexibility index (Phi) is 6.86. The van der Waals surface area contributed by atoms with Crippen LogP contribution in [0.25, 0.3) is 0 Å². The number of ether oxygens (including phenoxy) is 1. The number of fused-ring (bicyclic) bond motifs is 1. The second-order valence-electron chi connectivity index (χ2n) is 8.14. The van der Waals surface area contributed by atoms with Gasteiger partial charge in [0.1, 0.15) is 5.84 Å². The second kappa shape index (κ2) is 9.17. The van der Waals surface area contributed by atoms with Gasteiger partial charge in [-0.2, -0.15) is 0 Å². The van der Waals surface area contributed by atoms with Crippen LogP contribution in [0.5, 0.6) is 0 Å². The molecular formula is C22H32ClN3O2. The summed E-state index contributed by atoms with van der Waals surface area (Å²) in [7, 11) is 0. The van der Waals surface area contributed by atoms with Gasteiger partial charge >= 0.3 is 5.97 Å². The Morgan fingerprint density at radius 2 is 1.82 bits per heavy atom. The first-order valence-corrected chi connectivity index (χ1v) is 10.6. The van der Waals surface area contributed by atoms with Crippen molar-refractivity contribution in [3.05, 3.63) is 23.8 Å². The van der Waals surface area contributed by atoms with Gasteiger partial charge < -0.3 is 15.4 Å². The van der Waals surface area contributed by atoms with Gasteiger partial charge in [-0.1, -0.05) is 38.5 Å². The molecule has 0 aromatic heterocycles. The summed E-state index contributed by atoms with van der Waals surface area (Å²) in [6, 6.07) is 6.18. The lowest BCUT2D eigenvalue weighted by Crippen LogP contribution is -2.54. The molecule has 1 aromatic carbocycles. The Morgan fingerprint density at radius 1 is 1.11 bits per heavy atom. The van der Waals surface area contributed by atoms with Crippen LogP contribution in [-0.2, 0) is 4.74 Å². The highest BCUT2D eigenvalue weighted by Crippen LogP contribution is 2.40. The average Bonchev–Trinajstić information content (AvgIpc) is 2.70. The topological polar surface area (TPSA) is 62.7 Å². The number of nitrogens with one attached hydrogen (secondary N) is 2. The Hall–Kier alpha value is -1.75. The van der Waals surface area contributed by atoms with E-state index in [0.717, 1.165) is 30.1 Å². The number of anilines is 2. The minimum atomic E-state index is -0.272. The van der Waals surface area contributed by atoms with Gasteiger partial charge in [-0.05, 0) is 50.8 Å². The van der Waals surface area contributed by atoms with Crippen LogP contribution in [0.15, 0.2) is 23.2 Å². The van der Waals surface area contributed by atoms with E-state index in [1.807, 2.05) is 25.1 Å². The lowest BCUT2D eigenvalue weighted by molar-refractivity contribution is 0.0526. The normalized spacial score (nSPS) is 22.5. The second-order valence-corrected chi connectivity index (χ2v) is 8.14. The molecule has 0 bridgehead atoms. The lowest BCUT2D eigenvalue weighted by Gasteiger charge is -2.44. The van der Waals surface area contributed by atoms with Gasteiger partial charge in [0.15, 0.2) is 0 Å². The van der Waals surface area contributed by atoms with Crippen LogP contribution in [0.1, 0.15) is 81.5 Å². The van der Waals surface area contributed by atoms with Gasteiger partial charge in [0, 0.05) is 0 Å². The van der Waals surface area contributed by atoms with Crippen molar-refractivity contribution >= 4 is 35.6 Å². The first-order valence-electron chi connectivity index (χ1n) is 10.6. The predicted octanol–water partition coefficient (Wildman–Crippen LogP) is 5.56. The molecule has 28 heavy (non-hydrogen) atoms. The fraction of sp³-hybridized carbons (Fsp3) is 0.636. The molecule has 2 fully saturated rings. The number of aliphatic imine (C=N–C) groups is 1. The minimum Gasteiger partial charge on any atom is -0.462 e. The average molecular weight is 406 g/mol. The molecule has 0 radical (unpaired) electrons. The summed E-state index contributed by atoms with van der Waals surface area (Å²) >= 11 is 0. The molecule has 1 aromatic rings. The molecule has 1 spiro atoms. The van der Waals surface area contributed by atoms with Gasteiger partial charge in [0.05, 0.1) is 35.1 Å². The van der Waals surface area contributed by atoms with E-state index < -0.39 is 0 Å². The van der Waals surface area contributed by atoms with Gasteiger partial charge in [-0.3, -0.25) is 4.99 Å². The van der Waals surface area contributed by atoms with E-state index in [-0.39, 0.29) is 23.9 Å². The third kappa shape index (κ3) is 4.29. The number of carbonyl (C=O) groups excluding carboxylic acids is 1. The van der Waals surface area contributed by atoms with Crippen molar-refractivity contribution in [3.63, 3.8) is 0 Å². The zero-order valence-corrected chi connectivity index (χ0v) is 17.6. The quantitative estimate of drug-likeness (QED) is 0.646. The molecule has 2 aliphatic carbocycles. The van der Waals surface area contributed by atoms with E-state index in [0.29, 0.717) is 18.2 Å². The van der Waals surface area contributed by atoms with Gasteiger partial charge in [-0.25, -0.2) is 4.79 Å². The number of hydrogen-bond donors (Lipinski definition) is 2. The molecule has 0 saturated heterocycles. The lowest BCUT2D eigenvalue weighted by atomic mass is 9.78. The van der Waals surface area contributed by atoms with Crippen molar-refractivity contribution in [2.75, 3.05) is 17.2 Å². The van der Waals surface area contributed by atoms with Crippen LogP contribution >= 0.6 is 12.4 Å². The fourth-order valence-electron chi connectivity index (χ4n) is 4.73. The highest BCUT2D eigenvalue weighted by Gasteiger charge is 2.41. The Balaban J connectivity index is 0.00000225. The van der Waals surface area contributed by atoms with E-state index in [2.05, 4.69) is 10.6 Å².